The molecule has 1 amide bonds. The molecule has 1 fully saturated rings. The molecule has 1 heterocycles. The van der Waals surface area contributed by atoms with Gasteiger partial charge >= 0.3 is 0 Å². The zero-order valence-electron chi connectivity index (χ0n) is 14.0. The van der Waals surface area contributed by atoms with Crippen molar-refractivity contribution in [3.8, 4) is 0 Å². The number of hydrogen-bond acceptors (Lipinski definition) is 1. The van der Waals surface area contributed by atoms with Gasteiger partial charge in [-0.3, -0.25) is 4.79 Å². The monoisotopic (exact) mass is 424 g/mol. The number of nitrogens with zero attached hydrogens (tertiary/aromatic N) is 1. The number of carbonyl (C=O) groups is 1. The first kappa shape index (κ1) is 16.8. The third-order valence-corrected chi connectivity index (χ3v) is 5.65. The van der Waals surface area contributed by atoms with Gasteiger partial charge in [0, 0.05) is 34.3 Å². The summed E-state index contributed by atoms with van der Waals surface area (Å²) in [5.74, 6) is 0.725. The van der Waals surface area contributed by atoms with Crippen LogP contribution in [-0.4, -0.2) is 17.0 Å². The molecule has 0 spiro atoms. The quantitative estimate of drug-likeness (QED) is 0.558. The van der Waals surface area contributed by atoms with Gasteiger partial charge in [-0.2, -0.15) is 0 Å². The van der Waals surface area contributed by atoms with Crippen molar-refractivity contribution < 1.29 is 4.79 Å². The first-order valence-electron chi connectivity index (χ1n) is 8.59. The number of rotatable bonds is 3. The largest absolute Gasteiger partial charge is 0.352 e. The molecule has 3 nitrogen and oxygen atoms in total. The molecule has 1 aliphatic rings. The van der Waals surface area contributed by atoms with Crippen LogP contribution in [0.5, 0.6) is 0 Å². The second kappa shape index (κ2) is 7.24. The first-order chi connectivity index (χ1) is 11.1. The van der Waals surface area contributed by atoms with E-state index in [1.54, 1.807) is 0 Å². The summed E-state index contributed by atoms with van der Waals surface area (Å²) in [6.07, 6.45) is 9.81. The zero-order chi connectivity index (χ0) is 16.4. The number of halogens is 1. The molecule has 1 aliphatic carbocycles. The highest BCUT2D eigenvalue weighted by Crippen LogP contribution is 2.27. The molecule has 1 aromatic heterocycles. The molecule has 1 aromatic carbocycles. The van der Waals surface area contributed by atoms with Crippen LogP contribution < -0.4 is 5.32 Å². The first-order valence-corrected chi connectivity index (χ1v) is 9.67. The third-order valence-electron chi connectivity index (χ3n) is 5.02. The summed E-state index contributed by atoms with van der Waals surface area (Å²) in [5.41, 5.74) is 3.12. The van der Waals surface area contributed by atoms with Crippen LogP contribution in [0.3, 0.4) is 0 Å². The Hall–Kier alpha value is -1.04. The molecule has 0 radical (unpaired) electrons. The van der Waals surface area contributed by atoms with Crippen LogP contribution in [0.1, 0.15) is 54.4 Å². The van der Waals surface area contributed by atoms with Crippen LogP contribution in [0, 0.1) is 16.4 Å². The normalized spacial score (nSPS) is 16.5. The standard InChI is InChI=1S/C19H25IN2O/c1-13-9-15(20)10-17-18(13)16(12-22(17)2)19(23)21-11-14-7-5-3-4-6-8-14/h9-10,12,14H,3-8,11H2,1-2H3,(H,21,23). The highest BCUT2D eigenvalue weighted by atomic mass is 127. The molecule has 0 unspecified atom stereocenters. The minimum atomic E-state index is 0.0733. The van der Waals surface area contributed by atoms with Crippen molar-refractivity contribution in [2.75, 3.05) is 6.54 Å². The number of amides is 1. The summed E-state index contributed by atoms with van der Waals surface area (Å²) >= 11 is 2.33. The van der Waals surface area contributed by atoms with Gasteiger partial charge in [-0.05, 0) is 66.0 Å². The molecule has 1 N–H and O–H groups in total. The molecular weight excluding hydrogens is 399 g/mol. The molecule has 124 valence electrons. The summed E-state index contributed by atoms with van der Waals surface area (Å²) in [6.45, 7) is 2.91. The second-order valence-corrected chi connectivity index (χ2v) is 8.08. The molecule has 1 saturated carbocycles. The fraction of sp³-hybridized carbons (Fsp3) is 0.526. The minimum Gasteiger partial charge on any atom is -0.352 e. The predicted molar refractivity (Wildman–Crippen MR) is 104 cm³/mol. The predicted octanol–water partition coefficient (Wildman–Crippen LogP) is 4.79. The number of nitrogens with one attached hydrogen (secondary N) is 1. The van der Waals surface area contributed by atoms with Crippen LogP contribution in [-0.2, 0) is 7.05 Å². The molecular formula is C19H25IN2O. The fourth-order valence-electron chi connectivity index (χ4n) is 3.75. The average molecular weight is 424 g/mol. The van der Waals surface area contributed by atoms with E-state index in [9.17, 15) is 4.79 Å². The molecule has 2 aromatic rings. The Morgan fingerprint density at radius 2 is 1.96 bits per heavy atom. The SMILES string of the molecule is Cc1cc(I)cc2c1c(C(=O)NCC1CCCCCC1)cn2C. The summed E-state index contributed by atoms with van der Waals surface area (Å²) in [4.78, 5) is 12.7. The van der Waals surface area contributed by atoms with Crippen LogP contribution in [0.4, 0.5) is 0 Å². The van der Waals surface area contributed by atoms with Crippen molar-refractivity contribution in [2.24, 2.45) is 13.0 Å². The van der Waals surface area contributed by atoms with Gasteiger partial charge < -0.3 is 9.88 Å². The van der Waals surface area contributed by atoms with Gasteiger partial charge in [-0.25, -0.2) is 0 Å². The fourth-order valence-corrected chi connectivity index (χ4v) is 4.52. The van der Waals surface area contributed by atoms with E-state index < -0.39 is 0 Å². The molecule has 3 rings (SSSR count). The van der Waals surface area contributed by atoms with E-state index in [1.165, 1.54) is 47.7 Å². The van der Waals surface area contributed by atoms with Crippen molar-refractivity contribution in [1.29, 1.82) is 0 Å². The number of benzene rings is 1. The Bertz CT molecular complexity index is 712. The maximum atomic E-state index is 12.7. The zero-order valence-corrected chi connectivity index (χ0v) is 16.2. The van der Waals surface area contributed by atoms with E-state index in [0.717, 1.165) is 23.0 Å². The molecule has 0 bridgehead atoms. The Morgan fingerprint density at radius 3 is 2.65 bits per heavy atom. The number of hydrogen-bond donors (Lipinski definition) is 1. The highest BCUT2D eigenvalue weighted by molar-refractivity contribution is 14.1. The molecule has 0 saturated heterocycles. The number of aryl methyl sites for hydroxylation is 2. The van der Waals surface area contributed by atoms with Gasteiger partial charge in [0.2, 0.25) is 0 Å². The van der Waals surface area contributed by atoms with E-state index >= 15 is 0 Å². The topological polar surface area (TPSA) is 34.0 Å². The number of aromatic nitrogens is 1. The molecule has 0 atom stereocenters. The maximum Gasteiger partial charge on any atom is 0.253 e. The minimum absolute atomic E-state index is 0.0733. The van der Waals surface area contributed by atoms with E-state index in [-0.39, 0.29) is 5.91 Å². The smallest absolute Gasteiger partial charge is 0.253 e. The highest BCUT2D eigenvalue weighted by Gasteiger charge is 2.18. The summed E-state index contributed by atoms with van der Waals surface area (Å²) in [5, 5.41) is 4.28. The van der Waals surface area contributed by atoms with Gasteiger partial charge in [-0.15, -0.1) is 0 Å². The van der Waals surface area contributed by atoms with Crippen molar-refractivity contribution >= 4 is 39.4 Å². The van der Waals surface area contributed by atoms with Crippen molar-refractivity contribution in [2.45, 2.75) is 45.4 Å². The number of carbonyl (C=O) groups excluding carboxylic acids is 1. The summed E-state index contributed by atoms with van der Waals surface area (Å²) < 4.78 is 3.27. The Kier molecular flexibility index (Phi) is 5.29. The van der Waals surface area contributed by atoms with Gasteiger partial charge in [0.25, 0.3) is 5.91 Å². The van der Waals surface area contributed by atoms with Crippen LogP contribution in [0.2, 0.25) is 0 Å². The van der Waals surface area contributed by atoms with E-state index in [4.69, 9.17) is 0 Å². The van der Waals surface area contributed by atoms with Crippen LogP contribution >= 0.6 is 22.6 Å². The van der Waals surface area contributed by atoms with Crippen LogP contribution in [0.25, 0.3) is 10.9 Å². The van der Waals surface area contributed by atoms with Gasteiger partial charge in [0.05, 0.1) is 5.56 Å². The van der Waals surface area contributed by atoms with Crippen molar-refractivity contribution in [3.05, 3.63) is 33.0 Å². The Morgan fingerprint density at radius 1 is 1.26 bits per heavy atom. The molecule has 4 heteroatoms. The average Bonchev–Trinajstić information content (AvgIpc) is 2.71. The lowest BCUT2D eigenvalue weighted by Crippen LogP contribution is -2.29. The lowest BCUT2D eigenvalue weighted by Gasteiger charge is -2.14. The van der Waals surface area contributed by atoms with Crippen LogP contribution in [0.15, 0.2) is 18.3 Å². The maximum absolute atomic E-state index is 12.7. The van der Waals surface area contributed by atoms with Gasteiger partial charge in [0.1, 0.15) is 0 Å². The van der Waals surface area contributed by atoms with E-state index in [0.29, 0.717) is 5.92 Å². The third kappa shape index (κ3) is 3.73. The van der Waals surface area contributed by atoms with E-state index in [2.05, 4.69) is 51.5 Å². The second-order valence-electron chi connectivity index (χ2n) is 6.84. The molecule has 23 heavy (non-hydrogen) atoms. The van der Waals surface area contributed by atoms with Gasteiger partial charge in [-0.1, -0.05) is 25.7 Å². The van der Waals surface area contributed by atoms with Crippen molar-refractivity contribution in [1.82, 2.24) is 9.88 Å². The van der Waals surface area contributed by atoms with Gasteiger partial charge in [0.15, 0.2) is 0 Å². The Balaban J connectivity index is 1.78. The lowest BCUT2D eigenvalue weighted by atomic mass is 10.00. The molecule has 0 aliphatic heterocycles. The van der Waals surface area contributed by atoms with E-state index in [1.807, 2.05) is 13.2 Å². The summed E-state index contributed by atoms with van der Waals surface area (Å²) in [6, 6.07) is 4.29. The van der Waals surface area contributed by atoms with Crippen molar-refractivity contribution in [3.63, 3.8) is 0 Å². The Labute approximate surface area is 152 Å². The summed E-state index contributed by atoms with van der Waals surface area (Å²) in [7, 11) is 2.01. The lowest BCUT2D eigenvalue weighted by molar-refractivity contribution is 0.0947. The number of fused-ring (bicyclic) bond motifs is 1.